The van der Waals surface area contributed by atoms with Crippen molar-refractivity contribution in [2.45, 2.75) is 6.42 Å². The number of nitrogens with one attached hydrogen (secondary N) is 2. The molecule has 3 rings (SSSR count). The predicted octanol–water partition coefficient (Wildman–Crippen LogP) is 5.57. The van der Waals surface area contributed by atoms with Gasteiger partial charge in [-0.1, -0.05) is 54.1 Å². The van der Waals surface area contributed by atoms with Gasteiger partial charge in [-0.15, -0.1) is 0 Å². The molecule has 0 aliphatic carbocycles. The van der Waals surface area contributed by atoms with Gasteiger partial charge in [0.1, 0.15) is 5.75 Å². The van der Waals surface area contributed by atoms with Crippen LogP contribution in [0.5, 0.6) is 11.5 Å². The Labute approximate surface area is 157 Å². The molecule has 5 heteroatoms. The van der Waals surface area contributed by atoms with Crippen molar-refractivity contribution in [2.24, 2.45) is 0 Å². The summed E-state index contributed by atoms with van der Waals surface area (Å²) in [6, 6.07) is 24.4. The molecule has 0 spiro atoms. The zero-order valence-corrected chi connectivity index (χ0v) is 14.9. The molecular weight excluding hydrogens is 348 g/mol. The lowest BCUT2D eigenvalue weighted by Gasteiger charge is -2.13. The van der Waals surface area contributed by atoms with Gasteiger partial charge in [0.15, 0.2) is 5.75 Å². The van der Waals surface area contributed by atoms with E-state index in [2.05, 4.69) is 10.6 Å². The zero-order chi connectivity index (χ0) is 18.2. The third-order valence-corrected chi connectivity index (χ3v) is 4.00. The minimum absolute atomic E-state index is 0.105. The summed E-state index contributed by atoms with van der Waals surface area (Å²) in [5, 5.41) is 6.58. The topological polar surface area (TPSA) is 50.4 Å². The first-order valence-electron chi connectivity index (χ1n) is 8.32. The number of carbonyl (C=O) groups is 1. The summed E-state index contributed by atoms with van der Waals surface area (Å²) in [5.74, 6) is 1.37. The van der Waals surface area contributed by atoms with Crippen LogP contribution in [0.4, 0.5) is 11.4 Å². The van der Waals surface area contributed by atoms with Crippen LogP contribution in [0.15, 0.2) is 78.9 Å². The molecule has 3 aromatic rings. The molecular formula is C21H19ClN2O2. The van der Waals surface area contributed by atoms with E-state index in [1.807, 2.05) is 66.7 Å². The highest BCUT2D eigenvalue weighted by molar-refractivity contribution is 6.33. The maximum Gasteiger partial charge on any atom is 0.226 e. The lowest BCUT2D eigenvalue weighted by Crippen LogP contribution is -2.16. The molecule has 0 bridgehead atoms. The molecule has 0 heterocycles. The molecule has 0 saturated carbocycles. The summed E-state index contributed by atoms with van der Waals surface area (Å²) in [5.41, 5.74) is 1.45. The molecule has 0 radical (unpaired) electrons. The van der Waals surface area contributed by atoms with Crippen LogP contribution < -0.4 is 15.4 Å². The van der Waals surface area contributed by atoms with Crippen molar-refractivity contribution < 1.29 is 9.53 Å². The highest BCUT2D eigenvalue weighted by Crippen LogP contribution is 2.29. The van der Waals surface area contributed by atoms with Crippen molar-refractivity contribution in [3.63, 3.8) is 0 Å². The molecule has 0 fully saturated rings. The average Bonchev–Trinajstić information content (AvgIpc) is 2.66. The second-order valence-electron chi connectivity index (χ2n) is 5.62. The molecule has 0 saturated heterocycles. The standard InChI is InChI=1S/C21H19ClN2O2/c22-17-10-4-5-11-18(17)24-21(25)14-15-23-19-12-6-7-13-20(19)26-16-8-2-1-3-9-16/h1-13,23H,14-15H2,(H,24,25). The fourth-order valence-electron chi connectivity index (χ4n) is 2.40. The Bertz CT molecular complexity index is 869. The van der Waals surface area contributed by atoms with E-state index in [0.717, 1.165) is 11.4 Å². The third kappa shape index (κ3) is 5.01. The first kappa shape index (κ1) is 17.8. The molecule has 0 aliphatic rings. The number of hydrogen-bond acceptors (Lipinski definition) is 3. The first-order chi connectivity index (χ1) is 12.7. The van der Waals surface area contributed by atoms with Crippen LogP contribution in [0, 0.1) is 0 Å². The molecule has 0 unspecified atom stereocenters. The van der Waals surface area contributed by atoms with Crippen molar-refractivity contribution in [1.29, 1.82) is 0 Å². The Hall–Kier alpha value is -2.98. The van der Waals surface area contributed by atoms with Crippen LogP contribution in [0.3, 0.4) is 0 Å². The van der Waals surface area contributed by atoms with Crippen LogP contribution >= 0.6 is 11.6 Å². The maximum absolute atomic E-state index is 12.1. The number of anilines is 2. The van der Waals surface area contributed by atoms with Crippen LogP contribution in [0.25, 0.3) is 0 Å². The Morgan fingerprint density at radius 3 is 2.27 bits per heavy atom. The molecule has 26 heavy (non-hydrogen) atoms. The van der Waals surface area contributed by atoms with Crippen molar-refractivity contribution in [3.8, 4) is 11.5 Å². The largest absolute Gasteiger partial charge is 0.455 e. The van der Waals surface area contributed by atoms with Crippen LogP contribution in [-0.4, -0.2) is 12.5 Å². The quantitative estimate of drug-likeness (QED) is 0.574. The molecule has 0 aliphatic heterocycles. The molecule has 3 aromatic carbocycles. The van der Waals surface area contributed by atoms with E-state index in [9.17, 15) is 4.79 Å². The van der Waals surface area contributed by atoms with E-state index in [1.165, 1.54) is 0 Å². The van der Waals surface area contributed by atoms with Gasteiger partial charge < -0.3 is 15.4 Å². The van der Waals surface area contributed by atoms with Gasteiger partial charge in [0.25, 0.3) is 0 Å². The van der Waals surface area contributed by atoms with E-state index >= 15 is 0 Å². The maximum atomic E-state index is 12.1. The minimum atomic E-state index is -0.105. The molecule has 0 aromatic heterocycles. The number of para-hydroxylation sites is 4. The molecule has 2 N–H and O–H groups in total. The van der Waals surface area contributed by atoms with E-state index in [4.69, 9.17) is 16.3 Å². The second kappa shape index (κ2) is 8.92. The van der Waals surface area contributed by atoms with Gasteiger partial charge in [0, 0.05) is 13.0 Å². The molecule has 132 valence electrons. The minimum Gasteiger partial charge on any atom is -0.455 e. The van der Waals surface area contributed by atoms with Crippen LogP contribution in [0.1, 0.15) is 6.42 Å². The van der Waals surface area contributed by atoms with E-state index in [1.54, 1.807) is 12.1 Å². The fraction of sp³-hybridized carbons (Fsp3) is 0.0952. The number of rotatable bonds is 7. The summed E-state index contributed by atoms with van der Waals surface area (Å²) in [6.45, 7) is 0.478. The number of halogens is 1. The lowest BCUT2D eigenvalue weighted by molar-refractivity contribution is -0.115. The summed E-state index contributed by atoms with van der Waals surface area (Å²) in [6.07, 6.45) is 0.310. The van der Waals surface area contributed by atoms with Crippen molar-refractivity contribution in [3.05, 3.63) is 83.9 Å². The van der Waals surface area contributed by atoms with Crippen LogP contribution in [-0.2, 0) is 4.79 Å². The second-order valence-corrected chi connectivity index (χ2v) is 6.02. The summed E-state index contributed by atoms with van der Waals surface area (Å²) in [4.78, 5) is 12.1. The van der Waals surface area contributed by atoms with Crippen molar-refractivity contribution >= 4 is 28.9 Å². The van der Waals surface area contributed by atoms with Gasteiger partial charge >= 0.3 is 0 Å². The highest BCUT2D eigenvalue weighted by atomic mass is 35.5. The summed E-state index contributed by atoms with van der Waals surface area (Å²) < 4.78 is 5.90. The Morgan fingerprint density at radius 1 is 0.846 bits per heavy atom. The number of hydrogen-bond donors (Lipinski definition) is 2. The first-order valence-corrected chi connectivity index (χ1v) is 8.70. The number of amides is 1. The molecule has 4 nitrogen and oxygen atoms in total. The third-order valence-electron chi connectivity index (χ3n) is 3.67. The Morgan fingerprint density at radius 2 is 1.50 bits per heavy atom. The van der Waals surface area contributed by atoms with Gasteiger partial charge in [-0.3, -0.25) is 4.79 Å². The van der Waals surface area contributed by atoms with Crippen molar-refractivity contribution in [2.75, 3.05) is 17.2 Å². The van der Waals surface area contributed by atoms with Gasteiger partial charge in [0.05, 0.1) is 16.4 Å². The van der Waals surface area contributed by atoms with Crippen LogP contribution in [0.2, 0.25) is 5.02 Å². The number of benzene rings is 3. The van der Waals surface area contributed by atoms with E-state index < -0.39 is 0 Å². The Balaban J connectivity index is 1.55. The number of ether oxygens (including phenoxy) is 1. The lowest BCUT2D eigenvalue weighted by atomic mass is 10.2. The summed E-state index contributed by atoms with van der Waals surface area (Å²) in [7, 11) is 0. The highest BCUT2D eigenvalue weighted by Gasteiger charge is 2.07. The fourth-order valence-corrected chi connectivity index (χ4v) is 2.59. The summed E-state index contributed by atoms with van der Waals surface area (Å²) >= 11 is 6.05. The van der Waals surface area contributed by atoms with Gasteiger partial charge in [-0.2, -0.15) is 0 Å². The smallest absolute Gasteiger partial charge is 0.226 e. The van der Waals surface area contributed by atoms with Gasteiger partial charge in [-0.25, -0.2) is 0 Å². The molecule has 0 atom stereocenters. The Kier molecular flexibility index (Phi) is 6.12. The number of carbonyl (C=O) groups excluding carboxylic acids is 1. The zero-order valence-electron chi connectivity index (χ0n) is 14.1. The average molecular weight is 367 g/mol. The monoisotopic (exact) mass is 366 g/mol. The van der Waals surface area contributed by atoms with E-state index in [0.29, 0.717) is 29.4 Å². The van der Waals surface area contributed by atoms with Gasteiger partial charge in [-0.05, 0) is 36.4 Å². The van der Waals surface area contributed by atoms with Gasteiger partial charge in [0.2, 0.25) is 5.91 Å². The SMILES string of the molecule is O=C(CCNc1ccccc1Oc1ccccc1)Nc1ccccc1Cl. The predicted molar refractivity (Wildman–Crippen MR) is 106 cm³/mol. The van der Waals surface area contributed by atoms with Crippen molar-refractivity contribution in [1.82, 2.24) is 0 Å². The normalized spacial score (nSPS) is 10.2. The molecule has 1 amide bonds. The van der Waals surface area contributed by atoms with E-state index in [-0.39, 0.29) is 5.91 Å².